The number of carbonyl (C=O) groups is 2. The molecule has 2 N–H and O–H groups in total. The summed E-state index contributed by atoms with van der Waals surface area (Å²) in [5.74, 6) is 0.706. The van der Waals surface area contributed by atoms with Gasteiger partial charge in [0.2, 0.25) is 5.91 Å². The van der Waals surface area contributed by atoms with Gasteiger partial charge in [0, 0.05) is 23.4 Å². The minimum atomic E-state index is -0.428. The molecule has 0 unspecified atom stereocenters. The second-order valence-corrected chi connectivity index (χ2v) is 10.6. The number of anilines is 3. The van der Waals surface area contributed by atoms with Crippen LogP contribution >= 0.6 is 0 Å². The highest BCUT2D eigenvalue weighted by atomic mass is 16.5. The second kappa shape index (κ2) is 9.77. The van der Waals surface area contributed by atoms with Crippen LogP contribution in [-0.2, 0) is 9.59 Å². The van der Waals surface area contributed by atoms with Crippen molar-refractivity contribution in [1.29, 1.82) is 0 Å². The molecule has 0 aromatic heterocycles. The van der Waals surface area contributed by atoms with E-state index in [1.165, 1.54) is 0 Å². The van der Waals surface area contributed by atoms with Gasteiger partial charge in [0.1, 0.15) is 5.75 Å². The van der Waals surface area contributed by atoms with Crippen LogP contribution < -0.4 is 20.3 Å². The Morgan fingerprint density at radius 2 is 1.73 bits per heavy atom. The molecule has 6 heteroatoms. The van der Waals surface area contributed by atoms with E-state index in [0.717, 1.165) is 51.6 Å². The van der Waals surface area contributed by atoms with Crippen molar-refractivity contribution in [2.75, 3.05) is 29.2 Å². The Bertz CT molecular complexity index is 1370. The largest absolute Gasteiger partial charge is 0.497 e. The monoisotopic (exact) mass is 495 g/mol. The van der Waals surface area contributed by atoms with E-state index in [9.17, 15) is 9.59 Å². The summed E-state index contributed by atoms with van der Waals surface area (Å²) < 4.78 is 5.39. The molecule has 3 aromatic rings. The zero-order chi connectivity index (χ0) is 26.2. The molecule has 1 aliphatic heterocycles. The normalized spacial score (nSPS) is 18.3. The van der Waals surface area contributed by atoms with E-state index in [2.05, 4.69) is 29.4 Å². The molecule has 0 bridgehead atoms. The summed E-state index contributed by atoms with van der Waals surface area (Å²) in [5.41, 5.74) is 5.98. The van der Waals surface area contributed by atoms with Crippen molar-refractivity contribution in [3.05, 3.63) is 95.2 Å². The van der Waals surface area contributed by atoms with Crippen LogP contribution in [0.25, 0.3) is 0 Å². The zero-order valence-electron chi connectivity index (χ0n) is 21.8. The third kappa shape index (κ3) is 4.96. The minimum Gasteiger partial charge on any atom is -0.497 e. The molecule has 0 saturated heterocycles. The first-order valence-electron chi connectivity index (χ1n) is 12.6. The number of para-hydroxylation sites is 3. The topological polar surface area (TPSA) is 70.7 Å². The van der Waals surface area contributed by atoms with Crippen molar-refractivity contribution in [2.24, 2.45) is 5.41 Å². The lowest BCUT2D eigenvalue weighted by Crippen LogP contribution is -2.40. The van der Waals surface area contributed by atoms with Gasteiger partial charge >= 0.3 is 0 Å². The number of Topliss-reactive ketones (excluding diaryl/α,β-unsaturated/α-hetero) is 1. The number of ketones is 1. The number of fused-ring (bicyclic) bond motifs is 1. The van der Waals surface area contributed by atoms with E-state index in [1.807, 2.05) is 79.7 Å². The molecule has 0 saturated carbocycles. The smallest absolute Gasteiger partial charge is 0.243 e. The van der Waals surface area contributed by atoms with Gasteiger partial charge in [-0.1, -0.05) is 56.3 Å². The number of nitrogens with zero attached hydrogens (tertiary/aromatic N) is 1. The molecule has 3 aromatic carbocycles. The number of hydrogen-bond donors (Lipinski definition) is 2. The van der Waals surface area contributed by atoms with Gasteiger partial charge in [-0.05, 0) is 60.2 Å². The van der Waals surface area contributed by atoms with Crippen molar-refractivity contribution < 1.29 is 14.3 Å². The number of hydrogen-bond acceptors (Lipinski definition) is 5. The van der Waals surface area contributed by atoms with Gasteiger partial charge in [-0.25, -0.2) is 0 Å². The summed E-state index contributed by atoms with van der Waals surface area (Å²) >= 11 is 0. The Morgan fingerprint density at radius 3 is 2.46 bits per heavy atom. The fourth-order valence-corrected chi connectivity index (χ4v) is 5.42. The van der Waals surface area contributed by atoms with E-state index < -0.39 is 6.04 Å². The second-order valence-electron chi connectivity index (χ2n) is 10.6. The summed E-state index contributed by atoms with van der Waals surface area (Å²) in [6.45, 7) is 6.31. The van der Waals surface area contributed by atoms with Crippen molar-refractivity contribution in [2.45, 2.75) is 39.7 Å². The summed E-state index contributed by atoms with van der Waals surface area (Å²) in [4.78, 5) is 29.3. The van der Waals surface area contributed by atoms with Gasteiger partial charge < -0.3 is 20.3 Å². The Hall–Kier alpha value is -4.06. The van der Waals surface area contributed by atoms with Crippen LogP contribution in [0.2, 0.25) is 0 Å². The fourth-order valence-electron chi connectivity index (χ4n) is 5.42. The molecule has 0 spiro atoms. The van der Waals surface area contributed by atoms with Crippen LogP contribution in [-0.4, -0.2) is 25.3 Å². The fraction of sp³-hybridized carbons (Fsp3) is 0.290. The molecule has 1 heterocycles. The van der Waals surface area contributed by atoms with Crippen molar-refractivity contribution in [1.82, 2.24) is 0 Å². The molecule has 0 radical (unpaired) electrons. The molecule has 0 fully saturated rings. The van der Waals surface area contributed by atoms with Gasteiger partial charge in [0.25, 0.3) is 0 Å². The molecular formula is C31H33N3O3. The predicted molar refractivity (Wildman–Crippen MR) is 148 cm³/mol. The highest BCUT2D eigenvalue weighted by molar-refractivity contribution is 6.02. The Balaban J connectivity index is 1.64. The van der Waals surface area contributed by atoms with E-state index in [4.69, 9.17) is 4.74 Å². The number of ether oxygens (including phenoxy) is 1. The molecule has 1 aliphatic carbocycles. The van der Waals surface area contributed by atoms with E-state index in [0.29, 0.717) is 6.42 Å². The number of nitrogens with one attached hydrogen (secondary N) is 2. The lowest BCUT2D eigenvalue weighted by Gasteiger charge is -2.38. The average molecular weight is 496 g/mol. The maximum Gasteiger partial charge on any atom is 0.243 e. The van der Waals surface area contributed by atoms with E-state index >= 15 is 0 Å². The summed E-state index contributed by atoms with van der Waals surface area (Å²) in [6, 6.07) is 23.0. The van der Waals surface area contributed by atoms with Crippen LogP contribution in [0.5, 0.6) is 5.75 Å². The zero-order valence-corrected chi connectivity index (χ0v) is 21.8. The lowest BCUT2D eigenvalue weighted by molar-refractivity contribution is -0.119. The first-order valence-corrected chi connectivity index (χ1v) is 12.6. The standard InChI is InChI=1S/C31H33N3O3/c1-20-9-5-6-10-23(20)33-28(36)19-34-26-12-8-7-11-24(26)32-25-17-31(2,3)18-27(35)29(25)30(34)21-13-15-22(37-4)16-14-21/h5-16,30,32H,17-19H2,1-4H3,(H,33,36)/t30-/m1/s1. The lowest BCUT2D eigenvalue weighted by atomic mass is 9.73. The molecule has 6 nitrogen and oxygen atoms in total. The summed E-state index contributed by atoms with van der Waals surface area (Å²) in [7, 11) is 1.64. The van der Waals surface area contributed by atoms with E-state index in [1.54, 1.807) is 7.11 Å². The summed E-state index contributed by atoms with van der Waals surface area (Å²) in [5, 5.41) is 6.67. The van der Waals surface area contributed by atoms with Gasteiger partial charge in [0.15, 0.2) is 5.78 Å². The van der Waals surface area contributed by atoms with Gasteiger partial charge in [0.05, 0.1) is 31.1 Å². The average Bonchev–Trinajstić information content (AvgIpc) is 2.99. The van der Waals surface area contributed by atoms with Crippen LogP contribution in [0.1, 0.15) is 43.9 Å². The SMILES string of the molecule is COc1ccc([C@@H]2C3=C(CC(C)(C)CC3=O)Nc3ccccc3N2CC(=O)Nc2ccccc2C)cc1. The number of rotatable bonds is 5. The van der Waals surface area contributed by atoms with Crippen LogP contribution in [0.15, 0.2) is 84.1 Å². The Morgan fingerprint density at radius 1 is 1.03 bits per heavy atom. The highest BCUT2D eigenvalue weighted by Crippen LogP contribution is 2.48. The van der Waals surface area contributed by atoms with Crippen molar-refractivity contribution in [3.8, 4) is 5.75 Å². The molecule has 37 heavy (non-hydrogen) atoms. The predicted octanol–water partition coefficient (Wildman–Crippen LogP) is 6.26. The molecular weight excluding hydrogens is 462 g/mol. The number of allylic oxidation sites excluding steroid dienone is 1. The Labute approximate surface area is 218 Å². The van der Waals surface area contributed by atoms with Crippen LogP contribution in [0, 0.1) is 12.3 Å². The van der Waals surface area contributed by atoms with Crippen molar-refractivity contribution in [3.63, 3.8) is 0 Å². The van der Waals surface area contributed by atoms with Crippen LogP contribution in [0.4, 0.5) is 17.1 Å². The van der Waals surface area contributed by atoms with Gasteiger partial charge in [-0.3, -0.25) is 9.59 Å². The molecule has 1 amide bonds. The molecule has 2 aliphatic rings. The van der Waals surface area contributed by atoms with E-state index in [-0.39, 0.29) is 23.7 Å². The number of aryl methyl sites for hydroxylation is 1. The third-order valence-corrected chi connectivity index (χ3v) is 7.17. The molecule has 5 rings (SSSR count). The number of amides is 1. The number of carbonyl (C=O) groups excluding carboxylic acids is 2. The molecule has 1 atom stereocenters. The van der Waals surface area contributed by atoms with Gasteiger partial charge in [-0.2, -0.15) is 0 Å². The minimum absolute atomic E-state index is 0.0805. The Kier molecular flexibility index (Phi) is 6.50. The van der Waals surface area contributed by atoms with Gasteiger partial charge in [-0.15, -0.1) is 0 Å². The quantitative estimate of drug-likeness (QED) is 0.437. The first kappa shape index (κ1) is 24.6. The maximum atomic E-state index is 13.8. The first-order chi connectivity index (χ1) is 17.8. The third-order valence-electron chi connectivity index (χ3n) is 7.17. The maximum absolute atomic E-state index is 13.8. The summed E-state index contributed by atoms with van der Waals surface area (Å²) in [6.07, 6.45) is 1.21. The molecule has 190 valence electrons. The van der Waals surface area contributed by atoms with Crippen LogP contribution in [0.3, 0.4) is 0 Å². The van der Waals surface area contributed by atoms with Crippen molar-refractivity contribution >= 4 is 28.8 Å². The highest BCUT2D eigenvalue weighted by Gasteiger charge is 2.41. The number of methoxy groups -OCH3 is 1. The number of benzene rings is 3.